The highest BCUT2D eigenvalue weighted by Gasteiger charge is 2.29. The van der Waals surface area contributed by atoms with Gasteiger partial charge in [-0.1, -0.05) is 46.6 Å². The second-order valence-electron chi connectivity index (χ2n) is 5.85. The van der Waals surface area contributed by atoms with Gasteiger partial charge in [-0.2, -0.15) is 8.42 Å². The molecular weight excluding hydrogens is 415 g/mol. The van der Waals surface area contributed by atoms with Crippen molar-refractivity contribution in [2.24, 2.45) is 5.16 Å². The standard InChI is InChI=1S/C17H14Cl2N2O5S/c1-10-4-2-3-5-11(10)17(22)21-7-6-15(20-26-27(23,24)25)12-8-13(18)14(19)9-16(12)21/h2-5,8-9H,6-7H2,1H3,(H,23,24,25)/b20-15-. The van der Waals surface area contributed by atoms with Crippen LogP contribution in [0.25, 0.3) is 0 Å². The third-order valence-electron chi connectivity index (χ3n) is 4.07. The van der Waals surface area contributed by atoms with Crippen molar-refractivity contribution in [3.05, 3.63) is 63.1 Å². The lowest BCUT2D eigenvalue weighted by atomic mass is 9.98. The summed E-state index contributed by atoms with van der Waals surface area (Å²) in [4.78, 5) is 14.6. The first-order valence-corrected chi connectivity index (χ1v) is 9.89. The molecule has 2 aromatic carbocycles. The van der Waals surface area contributed by atoms with E-state index >= 15 is 0 Å². The zero-order valence-corrected chi connectivity index (χ0v) is 16.3. The smallest absolute Gasteiger partial charge is 0.307 e. The normalized spacial score (nSPS) is 15.6. The average molecular weight is 429 g/mol. The maximum Gasteiger partial charge on any atom is 0.466 e. The molecule has 1 heterocycles. The van der Waals surface area contributed by atoms with E-state index in [1.807, 2.05) is 19.1 Å². The minimum absolute atomic E-state index is 0.193. The highest BCUT2D eigenvalue weighted by atomic mass is 35.5. The topological polar surface area (TPSA) is 96.3 Å². The predicted molar refractivity (Wildman–Crippen MR) is 103 cm³/mol. The van der Waals surface area contributed by atoms with E-state index in [-0.39, 0.29) is 34.6 Å². The monoisotopic (exact) mass is 428 g/mol. The van der Waals surface area contributed by atoms with E-state index in [0.29, 0.717) is 16.8 Å². The number of hydrogen-bond donors (Lipinski definition) is 1. The first kappa shape index (κ1) is 19.6. The van der Waals surface area contributed by atoms with Gasteiger partial charge in [0.05, 0.1) is 21.4 Å². The van der Waals surface area contributed by atoms with E-state index in [9.17, 15) is 13.2 Å². The number of rotatable bonds is 3. The largest absolute Gasteiger partial charge is 0.466 e. The van der Waals surface area contributed by atoms with Crippen LogP contribution in [0.1, 0.15) is 27.9 Å². The quantitative estimate of drug-likeness (QED) is 0.590. The van der Waals surface area contributed by atoms with Crippen LogP contribution in [0.5, 0.6) is 0 Å². The molecule has 1 aliphatic rings. The van der Waals surface area contributed by atoms with Gasteiger partial charge in [-0.25, -0.2) is 4.28 Å². The Morgan fingerprint density at radius 1 is 1.22 bits per heavy atom. The molecule has 0 fully saturated rings. The Labute approximate surface area is 166 Å². The van der Waals surface area contributed by atoms with Gasteiger partial charge in [0.15, 0.2) is 0 Å². The van der Waals surface area contributed by atoms with Gasteiger partial charge in [0.2, 0.25) is 0 Å². The maximum atomic E-state index is 13.0. The molecule has 0 saturated carbocycles. The lowest BCUT2D eigenvalue weighted by molar-refractivity contribution is 0.0986. The number of amides is 1. The number of benzene rings is 2. The first-order chi connectivity index (χ1) is 12.7. The van der Waals surface area contributed by atoms with Crippen LogP contribution in [0.2, 0.25) is 10.0 Å². The molecule has 27 heavy (non-hydrogen) atoms. The summed E-state index contributed by atoms with van der Waals surface area (Å²) < 4.78 is 34.5. The Hall–Kier alpha value is -2.13. The zero-order chi connectivity index (χ0) is 19.8. The Bertz CT molecular complexity index is 1050. The molecule has 7 nitrogen and oxygen atoms in total. The van der Waals surface area contributed by atoms with Gasteiger partial charge in [-0.15, -0.1) is 0 Å². The number of fused-ring (bicyclic) bond motifs is 1. The maximum absolute atomic E-state index is 13.0. The van der Waals surface area contributed by atoms with Gasteiger partial charge in [0, 0.05) is 24.1 Å². The van der Waals surface area contributed by atoms with Crippen LogP contribution >= 0.6 is 23.2 Å². The van der Waals surface area contributed by atoms with Gasteiger partial charge < -0.3 is 4.90 Å². The SMILES string of the molecule is Cc1ccccc1C(=O)N1CC/C(=N/OS(=O)(=O)O)c2cc(Cl)c(Cl)cc21. The van der Waals surface area contributed by atoms with Crippen LogP contribution in [0, 0.1) is 6.92 Å². The summed E-state index contributed by atoms with van der Waals surface area (Å²) in [7, 11) is -4.75. The number of carbonyl (C=O) groups excluding carboxylic acids is 1. The van der Waals surface area contributed by atoms with E-state index in [0.717, 1.165) is 5.56 Å². The summed E-state index contributed by atoms with van der Waals surface area (Å²) in [6, 6.07) is 10.1. The highest BCUT2D eigenvalue weighted by molar-refractivity contribution is 7.80. The molecule has 3 rings (SSSR count). The Morgan fingerprint density at radius 3 is 2.56 bits per heavy atom. The number of anilines is 1. The van der Waals surface area contributed by atoms with Crippen molar-refractivity contribution in [2.75, 3.05) is 11.4 Å². The summed E-state index contributed by atoms with van der Waals surface area (Å²) in [5, 5.41) is 3.93. The third-order valence-corrected chi connectivity index (χ3v) is 5.06. The molecular formula is C17H14Cl2N2O5S. The van der Waals surface area contributed by atoms with Crippen molar-refractivity contribution in [2.45, 2.75) is 13.3 Å². The minimum Gasteiger partial charge on any atom is -0.307 e. The molecule has 10 heteroatoms. The van der Waals surface area contributed by atoms with Crippen LogP contribution < -0.4 is 4.90 Å². The number of aryl methyl sites for hydroxylation is 1. The Kier molecular flexibility index (Phi) is 5.43. The molecule has 0 atom stereocenters. The fourth-order valence-corrected chi connectivity index (χ4v) is 3.33. The molecule has 1 N–H and O–H groups in total. The number of nitrogens with zero attached hydrogens (tertiary/aromatic N) is 2. The molecule has 1 aliphatic heterocycles. The molecule has 0 spiro atoms. The summed E-state index contributed by atoms with van der Waals surface area (Å²) in [5.41, 5.74) is 2.38. The van der Waals surface area contributed by atoms with Crippen molar-refractivity contribution >= 4 is 50.9 Å². The van der Waals surface area contributed by atoms with Crippen molar-refractivity contribution in [1.82, 2.24) is 0 Å². The molecule has 0 radical (unpaired) electrons. The van der Waals surface area contributed by atoms with Gasteiger partial charge in [0.1, 0.15) is 0 Å². The van der Waals surface area contributed by atoms with Crippen LogP contribution in [-0.2, 0) is 14.7 Å². The third kappa shape index (κ3) is 4.24. The molecule has 0 unspecified atom stereocenters. The summed E-state index contributed by atoms with van der Waals surface area (Å²) in [5.74, 6) is -0.234. The average Bonchev–Trinajstić information content (AvgIpc) is 2.60. The number of oxime groups is 1. The van der Waals surface area contributed by atoms with E-state index in [1.165, 1.54) is 17.0 Å². The predicted octanol–water partition coefficient (Wildman–Crippen LogP) is 3.88. The molecule has 0 aliphatic carbocycles. The van der Waals surface area contributed by atoms with Crippen molar-refractivity contribution in [1.29, 1.82) is 0 Å². The highest BCUT2D eigenvalue weighted by Crippen LogP contribution is 2.36. The van der Waals surface area contributed by atoms with E-state index in [4.69, 9.17) is 27.8 Å². The zero-order valence-electron chi connectivity index (χ0n) is 14.0. The van der Waals surface area contributed by atoms with Crippen molar-refractivity contribution in [3.8, 4) is 0 Å². The molecule has 0 aromatic heterocycles. The lowest BCUT2D eigenvalue weighted by Crippen LogP contribution is -2.38. The van der Waals surface area contributed by atoms with Gasteiger partial charge in [0.25, 0.3) is 5.91 Å². The van der Waals surface area contributed by atoms with Crippen LogP contribution in [0.15, 0.2) is 41.6 Å². The first-order valence-electron chi connectivity index (χ1n) is 7.77. The Morgan fingerprint density at radius 2 is 1.89 bits per heavy atom. The second-order valence-corrected chi connectivity index (χ2v) is 7.66. The van der Waals surface area contributed by atoms with Crippen molar-refractivity contribution in [3.63, 3.8) is 0 Å². The summed E-state index contributed by atoms with van der Waals surface area (Å²) in [6.07, 6.45) is 0.193. The molecule has 0 saturated heterocycles. The van der Waals surface area contributed by atoms with E-state index in [2.05, 4.69) is 9.44 Å². The lowest BCUT2D eigenvalue weighted by Gasteiger charge is -2.30. The molecule has 0 bridgehead atoms. The Balaban J connectivity index is 2.08. The van der Waals surface area contributed by atoms with Crippen LogP contribution in [-0.4, -0.2) is 31.1 Å². The molecule has 1 amide bonds. The minimum atomic E-state index is -4.75. The van der Waals surface area contributed by atoms with Gasteiger partial charge in [-0.3, -0.25) is 9.35 Å². The van der Waals surface area contributed by atoms with Crippen molar-refractivity contribution < 1.29 is 22.0 Å². The number of hydrogen-bond acceptors (Lipinski definition) is 5. The van der Waals surface area contributed by atoms with E-state index < -0.39 is 10.4 Å². The van der Waals surface area contributed by atoms with Crippen LogP contribution in [0.3, 0.4) is 0 Å². The summed E-state index contributed by atoms with van der Waals surface area (Å²) in [6.45, 7) is 2.05. The summed E-state index contributed by atoms with van der Waals surface area (Å²) >= 11 is 12.2. The molecule has 142 valence electrons. The number of halogens is 2. The fourth-order valence-electron chi connectivity index (χ4n) is 2.82. The van der Waals surface area contributed by atoms with E-state index in [1.54, 1.807) is 12.1 Å². The second kappa shape index (κ2) is 7.47. The fraction of sp³-hybridized carbons (Fsp3) is 0.176. The van der Waals surface area contributed by atoms with Gasteiger partial charge in [-0.05, 0) is 30.7 Å². The number of carbonyl (C=O) groups is 1. The van der Waals surface area contributed by atoms with Crippen LogP contribution in [0.4, 0.5) is 5.69 Å². The van der Waals surface area contributed by atoms with Gasteiger partial charge >= 0.3 is 10.4 Å². The molecule has 2 aromatic rings.